The van der Waals surface area contributed by atoms with Crippen molar-refractivity contribution in [3.63, 3.8) is 0 Å². The van der Waals surface area contributed by atoms with Crippen LogP contribution in [0.15, 0.2) is 18.2 Å². The third-order valence-corrected chi connectivity index (χ3v) is 4.19. The second kappa shape index (κ2) is 6.22. The molecule has 1 fully saturated rings. The van der Waals surface area contributed by atoms with Crippen LogP contribution < -0.4 is 0 Å². The van der Waals surface area contributed by atoms with E-state index in [1.54, 1.807) is 24.0 Å². The summed E-state index contributed by atoms with van der Waals surface area (Å²) < 4.78 is 0. The highest BCUT2D eigenvalue weighted by atomic mass is 35.5. The average Bonchev–Trinajstić information content (AvgIpc) is 2.46. The molecule has 1 aliphatic rings. The molecule has 1 amide bonds. The van der Waals surface area contributed by atoms with Gasteiger partial charge in [0.2, 0.25) is 0 Å². The van der Waals surface area contributed by atoms with Crippen molar-refractivity contribution in [3.05, 3.63) is 39.4 Å². The molecule has 0 aromatic heterocycles. The van der Waals surface area contributed by atoms with Crippen molar-refractivity contribution in [2.45, 2.75) is 19.8 Å². The Balaban J connectivity index is 2.25. The number of benzene rings is 1. The average molecular weight is 297 g/mol. The van der Waals surface area contributed by atoms with Crippen molar-refractivity contribution < 1.29 is 9.72 Å². The molecule has 0 saturated carbocycles. The van der Waals surface area contributed by atoms with Crippen LogP contribution in [0.2, 0.25) is 0 Å². The van der Waals surface area contributed by atoms with Gasteiger partial charge < -0.3 is 4.90 Å². The van der Waals surface area contributed by atoms with Crippen molar-refractivity contribution in [2.24, 2.45) is 5.92 Å². The monoisotopic (exact) mass is 296 g/mol. The van der Waals surface area contributed by atoms with E-state index in [-0.39, 0.29) is 11.6 Å². The van der Waals surface area contributed by atoms with E-state index in [0.29, 0.717) is 36.0 Å². The van der Waals surface area contributed by atoms with Crippen LogP contribution in [-0.4, -0.2) is 34.7 Å². The van der Waals surface area contributed by atoms with Crippen LogP contribution in [0.25, 0.3) is 0 Å². The number of nitro benzene ring substituents is 1. The van der Waals surface area contributed by atoms with Gasteiger partial charge in [0.25, 0.3) is 11.6 Å². The Bertz CT molecular complexity index is 533. The minimum atomic E-state index is -0.454. The second-order valence-corrected chi connectivity index (χ2v) is 5.43. The molecule has 1 aromatic carbocycles. The van der Waals surface area contributed by atoms with Gasteiger partial charge in [0, 0.05) is 36.2 Å². The zero-order valence-corrected chi connectivity index (χ0v) is 12.1. The number of hydrogen-bond donors (Lipinski definition) is 0. The van der Waals surface area contributed by atoms with Crippen LogP contribution >= 0.6 is 11.6 Å². The van der Waals surface area contributed by atoms with Gasteiger partial charge in [-0.2, -0.15) is 0 Å². The number of carbonyl (C=O) groups excluding carboxylic acids is 1. The van der Waals surface area contributed by atoms with Crippen LogP contribution in [0.4, 0.5) is 5.69 Å². The van der Waals surface area contributed by atoms with Gasteiger partial charge in [0.05, 0.1) is 4.92 Å². The molecule has 0 aliphatic carbocycles. The van der Waals surface area contributed by atoms with Gasteiger partial charge >= 0.3 is 0 Å². The third kappa shape index (κ3) is 2.93. The van der Waals surface area contributed by atoms with Gasteiger partial charge in [-0.05, 0) is 31.7 Å². The number of likely N-dealkylation sites (tertiary alicyclic amines) is 1. The van der Waals surface area contributed by atoms with Crippen molar-refractivity contribution in [1.82, 2.24) is 4.90 Å². The summed E-state index contributed by atoms with van der Waals surface area (Å²) in [6.07, 6.45) is 1.96. The number of nitrogens with zero attached hydrogens (tertiary/aromatic N) is 2. The van der Waals surface area contributed by atoms with Crippen molar-refractivity contribution >= 4 is 23.2 Å². The fourth-order valence-corrected chi connectivity index (χ4v) is 2.85. The van der Waals surface area contributed by atoms with Gasteiger partial charge in [-0.15, -0.1) is 11.6 Å². The molecule has 1 saturated heterocycles. The van der Waals surface area contributed by atoms with E-state index in [2.05, 4.69) is 0 Å². The van der Waals surface area contributed by atoms with Crippen LogP contribution in [0.1, 0.15) is 28.8 Å². The van der Waals surface area contributed by atoms with Crippen molar-refractivity contribution in [1.29, 1.82) is 0 Å². The maximum absolute atomic E-state index is 12.5. The molecule has 1 aromatic rings. The highest BCUT2D eigenvalue weighted by molar-refractivity contribution is 6.18. The Labute approximate surface area is 122 Å². The lowest BCUT2D eigenvalue weighted by Gasteiger charge is -2.32. The highest BCUT2D eigenvalue weighted by Crippen LogP contribution is 2.25. The molecule has 2 rings (SSSR count). The smallest absolute Gasteiger partial charge is 0.273 e. The van der Waals surface area contributed by atoms with Crippen LogP contribution in [-0.2, 0) is 0 Å². The lowest BCUT2D eigenvalue weighted by atomic mass is 9.98. The summed E-state index contributed by atoms with van der Waals surface area (Å²) in [5.74, 6) is 0.715. The van der Waals surface area contributed by atoms with Gasteiger partial charge in [-0.1, -0.05) is 6.07 Å². The number of nitro groups is 1. The minimum Gasteiger partial charge on any atom is -0.338 e. The molecular formula is C14H17ClN2O3. The standard InChI is InChI=1S/C14H17ClN2O3/c1-10-12(5-2-6-13(10)17(19)20)14(18)16-7-3-4-11(8-15)9-16/h2,5-6,11H,3-4,7-9H2,1H3. The summed E-state index contributed by atoms with van der Waals surface area (Å²) >= 11 is 5.87. The number of alkyl halides is 1. The van der Waals surface area contributed by atoms with E-state index in [0.717, 1.165) is 12.8 Å². The Morgan fingerprint density at radius 2 is 2.30 bits per heavy atom. The molecule has 108 valence electrons. The maximum Gasteiger partial charge on any atom is 0.273 e. The van der Waals surface area contributed by atoms with Gasteiger partial charge in [-0.25, -0.2) is 0 Å². The van der Waals surface area contributed by atoms with E-state index in [4.69, 9.17) is 11.6 Å². The first-order valence-corrected chi connectivity index (χ1v) is 7.17. The topological polar surface area (TPSA) is 63.5 Å². The van der Waals surface area contributed by atoms with E-state index in [1.807, 2.05) is 0 Å². The van der Waals surface area contributed by atoms with E-state index in [9.17, 15) is 14.9 Å². The van der Waals surface area contributed by atoms with Gasteiger partial charge in [0.15, 0.2) is 0 Å². The van der Waals surface area contributed by atoms with E-state index in [1.165, 1.54) is 6.07 Å². The molecule has 1 aliphatic heterocycles. The Morgan fingerprint density at radius 1 is 1.55 bits per heavy atom. The Kier molecular flexibility index (Phi) is 4.60. The predicted octanol–water partition coefficient (Wildman–Crippen LogP) is 2.99. The largest absolute Gasteiger partial charge is 0.338 e. The first kappa shape index (κ1) is 14.8. The summed E-state index contributed by atoms with van der Waals surface area (Å²) in [5.41, 5.74) is 0.826. The summed E-state index contributed by atoms with van der Waals surface area (Å²) in [6, 6.07) is 4.63. The maximum atomic E-state index is 12.5. The molecule has 20 heavy (non-hydrogen) atoms. The third-order valence-electron chi connectivity index (χ3n) is 3.76. The Morgan fingerprint density at radius 3 is 2.95 bits per heavy atom. The normalized spacial score (nSPS) is 18.9. The van der Waals surface area contributed by atoms with Gasteiger partial charge in [0.1, 0.15) is 0 Å². The number of hydrogen-bond acceptors (Lipinski definition) is 3. The fraction of sp³-hybridized carbons (Fsp3) is 0.500. The zero-order chi connectivity index (χ0) is 14.7. The van der Waals surface area contributed by atoms with E-state index >= 15 is 0 Å². The number of halogens is 1. The molecule has 1 unspecified atom stereocenters. The summed E-state index contributed by atoms with van der Waals surface area (Å²) in [6.45, 7) is 2.94. The number of amides is 1. The first-order valence-electron chi connectivity index (χ1n) is 6.63. The first-order chi connectivity index (χ1) is 9.54. The van der Waals surface area contributed by atoms with Crippen LogP contribution in [0, 0.1) is 23.0 Å². The van der Waals surface area contributed by atoms with Crippen molar-refractivity contribution in [3.8, 4) is 0 Å². The molecule has 1 heterocycles. The molecule has 1 atom stereocenters. The number of piperidine rings is 1. The van der Waals surface area contributed by atoms with Crippen molar-refractivity contribution in [2.75, 3.05) is 19.0 Å². The van der Waals surface area contributed by atoms with Crippen LogP contribution in [0.3, 0.4) is 0 Å². The minimum absolute atomic E-state index is 0.0123. The molecule has 5 nitrogen and oxygen atoms in total. The SMILES string of the molecule is Cc1c(C(=O)N2CCCC(CCl)C2)cccc1[N+](=O)[O-]. The summed E-state index contributed by atoms with van der Waals surface area (Å²) in [7, 11) is 0. The van der Waals surface area contributed by atoms with E-state index < -0.39 is 4.92 Å². The molecule has 0 N–H and O–H groups in total. The fourth-order valence-electron chi connectivity index (χ4n) is 2.60. The highest BCUT2D eigenvalue weighted by Gasteiger charge is 2.26. The predicted molar refractivity (Wildman–Crippen MR) is 77.2 cm³/mol. The molecule has 0 spiro atoms. The lowest BCUT2D eigenvalue weighted by molar-refractivity contribution is -0.385. The quantitative estimate of drug-likeness (QED) is 0.489. The Hall–Kier alpha value is -1.62. The van der Waals surface area contributed by atoms with Crippen LogP contribution in [0.5, 0.6) is 0 Å². The summed E-state index contributed by atoms with van der Waals surface area (Å²) in [5, 5.41) is 10.9. The molecule has 0 bridgehead atoms. The molecule has 0 radical (unpaired) electrons. The molecule has 6 heteroatoms. The zero-order valence-electron chi connectivity index (χ0n) is 11.3. The van der Waals surface area contributed by atoms with Gasteiger partial charge in [-0.3, -0.25) is 14.9 Å². The second-order valence-electron chi connectivity index (χ2n) is 5.12. The molecular weight excluding hydrogens is 280 g/mol. The number of carbonyl (C=O) groups is 1. The lowest BCUT2D eigenvalue weighted by Crippen LogP contribution is -2.40. The summed E-state index contributed by atoms with van der Waals surface area (Å²) in [4.78, 5) is 24.7. The number of rotatable bonds is 3.